The summed E-state index contributed by atoms with van der Waals surface area (Å²) < 4.78 is 24.4. The minimum absolute atomic E-state index is 0.0198. The number of likely N-dealkylation sites (N-methyl/N-ethyl adjacent to an activating group) is 1. The molecule has 1 N–H and O–H groups in total. The van der Waals surface area contributed by atoms with E-state index in [9.17, 15) is 8.42 Å². The maximum atomic E-state index is 12.2. The van der Waals surface area contributed by atoms with E-state index in [2.05, 4.69) is 24.4 Å². The Morgan fingerprint density at radius 3 is 2.68 bits per heavy atom. The summed E-state index contributed by atoms with van der Waals surface area (Å²) in [6, 6.07) is 8.23. The molecule has 0 aliphatic carbocycles. The molecule has 1 saturated heterocycles. The van der Waals surface area contributed by atoms with Crippen LogP contribution in [-0.4, -0.2) is 32.5 Å². The van der Waals surface area contributed by atoms with Crippen LogP contribution in [0.2, 0.25) is 0 Å². The third-order valence-corrected chi connectivity index (χ3v) is 6.49. The van der Waals surface area contributed by atoms with E-state index in [1.807, 2.05) is 19.2 Å². The van der Waals surface area contributed by atoms with Gasteiger partial charge in [-0.1, -0.05) is 30.7 Å². The van der Waals surface area contributed by atoms with E-state index >= 15 is 0 Å². The molecule has 0 amide bonds. The summed E-state index contributed by atoms with van der Waals surface area (Å²) in [5, 5.41) is 2.99. The van der Waals surface area contributed by atoms with Crippen molar-refractivity contribution in [1.29, 1.82) is 0 Å². The zero-order valence-electron chi connectivity index (χ0n) is 11.7. The first kappa shape index (κ1) is 14.5. The second-order valence-electron chi connectivity index (χ2n) is 5.43. The molecule has 106 valence electrons. The standard InChI is InChI=1S/C15H23NO2S/c1-12-7-3-4-8-13(12)11-14(16-2)15-9-5-6-10-19(15,17)18/h3-4,7-8,14-16H,5-6,9-11H2,1-2H3. The number of sulfone groups is 1. The van der Waals surface area contributed by atoms with E-state index < -0.39 is 9.84 Å². The molecular formula is C15H23NO2S. The monoisotopic (exact) mass is 281 g/mol. The van der Waals surface area contributed by atoms with E-state index in [0.29, 0.717) is 5.75 Å². The highest BCUT2D eigenvalue weighted by Gasteiger charge is 2.34. The SMILES string of the molecule is CNC(Cc1ccccc1C)C1CCCCS1(=O)=O. The van der Waals surface area contributed by atoms with Gasteiger partial charge in [-0.25, -0.2) is 8.42 Å². The van der Waals surface area contributed by atoms with Crippen LogP contribution in [0.4, 0.5) is 0 Å². The van der Waals surface area contributed by atoms with E-state index in [1.54, 1.807) is 0 Å². The normalized spacial score (nSPS) is 24.0. The molecule has 0 aromatic heterocycles. The molecule has 1 aliphatic heterocycles. The molecule has 3 nitrogen and oxygen atoms in total. The molecule has 1 aromatic carbocycles. The molecular weight excluding hydrogens is 258 g/mol. The van der Waals surface area contributed by atoms with Gasteiger partial charge in [-0.05, 0) is 44.4 Å². The van der Waals surface area contributed by atoms with Crippen molar-refractivity contribution in [2.45, 2.75) is 43.9 Å². The second kappa shape index (κ2) is 6.06. The number of hydrogen-bond acceptors (Lipinski definition) is 3. The molecule has 19 heavy (non-hydrogen) atoms. The summed E-state index contributed by atoms with van der Waals surface area (Å²) in [4.78, 5) is 0. The molecule has 1 heterocycles. The fraction of sp³-hybridized carbons (Fsp3) is 0.600. The molecule has 0 saturated carbocycles. The van der Waals surface area contributed by atoms with Gasteiger partial charge in [0.1, 0.15) is 0 Å². The largest absolute Gasteiger partial charge is 0.315 e. The fourth-order valence-electron chi connectivity index (χ4n) is 2.93. The van der Waals surface area contributed by atoms with E-state index in [1.165, 1.54) is 11.1 Å². The Labute approximate surface area is 116 Å². The van der Waals surface area contributed by atoms with Crippen LogP contribution in [0.15, 0.2) is 24.3 Å². The molecule has 2 rings (SSSR count). The van der Waals surface area contributed by atoms with Crippen molar-refractivity contribution >= 4 is 9.84 Å². The molecule has 0 spiro atoms. The van der Waals surface area contributed by atoms with Crippen LogP contribution in [0.3, 0.4) is 0 Å². The Bertz CT molecular complexity index is 525. The molecule has 4 heteroatoms. The van der Waals surface area contributed by atoms with Crippen LogP contribution in [-0.2, 0) is 16.3 Å². The maximum Gasteiger partial charge on any atom is 0.154 e. The Balaban J connectivity index is 2.18. The minimum Gasteiger partial charge on any atom is -0.315 e. The van der Waals surface area contributed by atoms with Crippen molar-refractivity contribution in [3.8, 4) is 0 Å². The molecule has 2 unspecified atom stereocenters. The molecule has 2 atom stereocenters. The zero-order chi connectivity index (χ0) is 13.9. The first-order valence-corrected chi connectivity index (χ1v) is 8.69. The van der Waals surface area contributed by atoms with E-state index in [0.717, 1.165) is 25.7 Å². The van der Waals surface area contributed by atoms with Crippen molar-refractivity contribution < 1.29 is 8.42 Å². The quantitative estimate of drug-likeness (QED) is 0.919. The first-order valence-electron chi connectivity index (χ1n) is 6.98. The minimum atomic E-state index is -2.93. The predicted molar refractivity (Wildman–Crippen MR) is 79.2 cm³/mol. The first-order chi connectivity index (χ1) is 9.04. The van der Waals surface area contributed by atoms with Crippen LogP contribution >= 0.6 is 0 Å². The Kier molecular flexibility index (Phi) is 4.63. The highest BCUT2D eigenvalue weighted by atomic mass is 32.2. The topological polar surface area (TPSA) is 46.2 Å². The highest BCUT2D eigenvalue weighted by Crippen LogP contribution is 2.24. The second-order valence-corrected chi connectivity index (χ2v) is 7.77. The smallest absolute Gasteiger partial charge is 0.154 e. The van der Waals surface area contributed by atoms with Crippen LogP contribution in [0.1, 0.15) is 30.4 Å². The lowest BCUT2D eigenvalue weighted by Gasteiger charge is -2.30. The predicted octanol–water partition coefficient (Wildman–Crippen LogP) is 2.09. The Hall–Kier alpha value is -0.870. The Morgan fingerprint density at radius 2 is 2.05 bits per heavy atom. The number of hydrogen-bond donors (Lipinski definition) is 1. The van der Waals surface area contributed by atoms with Crippen LogP contribution in [0.25, 0.3) is 0 Å². The summed E-state index contributed by atoms with van der Waals surface area (Å²) in [5.74, 6) is 0.351. The molecule has 1 aromatic rings. The lowest BCUT2D eigenvalue weighted by atomic mass is 9.97. The number of rotatable bonds is 4. The van der Waals surface area contributed by atoms with Crippen molar-refractivity contribution in [3.63, 3.8) is 0 Å². The van der Waals surface area contributed by atoms with Crippen molar-refractivity contribution in [2.75, 3.05) is 12.8 Å². The summed E-state index contributed by atoms with van der Waals surface area (Å²) in [7, 11) is -1.06. The zero-order valence-corrected chi connectivity index (χ0v) is 12.5. The maximum absolute atomic E-state index is 12.2. The third-order valence-electron chi connectivity index (χ3n) is 4.15. The van der Waals surface area contributed by atoms with Crippen LogP contribution in [0, 0.1) is 6.92 Å². The lowest BCUT2D eigenvalue weighted by Crippen LogP contribution is -2.46. The Morgan fingerprint density at radius 1 is 1.32 bits per heavy atom. The summed E-state index contributed by atoms with van der Waals surface area (Å²) in [6.07, 6.45) is 3.42. The van der Waals surface area contributed by atoms with Crippen molar-refractivity contribution in [3.05, 3.63) is 35.4 Å². The third kappa shape index (κ3) is 3.37. The summed E-state index contributed by atoms with van der Waals surface area (Å²) in [5.41, 5.74) is 2.47. The van der Waals surface area contributed by atoms with Crippen LogP contribution in [0.5, 0.6) is 0 Å². The van der Waals surface area contributed by atoms with E-state index in [4.69, 9.17) is 0 Å². The summed E-state index contributed by atoms with van der Waals surface area (Å²) in [6.45, 7) is 2.08. The molecule has 0 bridgehead atoms. The van der Waals surface area contributed by atoms with Gasteiger partial charge in [0.15, 0.2) is 9.84 Å². The number of aryl methyl sites for hydroxylation is 1. The van der Waals surface area contributed by atoms with Crippen molar-refractivity contribution in [2.24, 2.45) is 0 Å². The van der Waals surface area contributed by atoms with Crippen LogP contribution < -0.4 is 5.32 Å². The number of benzene rings is 1. The van der Waals surface area contributed by atoms with Gasteiger partial charge in [0.05, 0.1) is 11.0 Å². The van der Waals surface area contributed by atoms with Gasteiger partial charge in [0.25, 0.3) is 0 Å². The van der Waals surface area contributed by atoms with Gasteiger partial charge in [-0.15, -0.1) is 0 Å². The molecule has 0 radical (unpaired) electrons. The number of nitrogens with one attached hydrogen (secondary N) is 1. The van der Waals surface area contributed by atoms with Gasteiger partial charge in [-0.2, -0.15) is 0 Å². The average Bonchev–Trinajstić information content (AvgIpc) is 2.38. The van der Waals surface area contributed by atoms with E-state index in [-0.39, 0.29) is 11.3 Å². The average molecular weight is 281 g/mol. The van der Waals surface area contributed by atoms with Gasteiger partial charge >= 0.3 is 0 Å². The van der Waals surface area contributed by atoms with Gasteiger partial charge in [-0.3, -0.25) is 0 Å². The van der Waals surface area contributed by atoms with Crippen molar-refractivity contribution in [1.82, 2.24) is 5.32 Å². The summed E-state index contributed by atoms with van der Waals surface area (Å²) >= 11 is 0. The van der Waals surface area contributed by atoms with Gasteiger partial charge in [0.2, 0.25) is 0 Å². The molecule has 1 aliphatic rings. The molecule has 1 fully saturated rings. The van der Waals surface area contributed by atoms with Gasteiger partial charge < -0.3 is 5.32 Å². The highest BCUT2D eigenvalue weighted by molar-refractivity contribution is 7.92. The van der Waals surface area contributed by atoms with Gasteiger partial charge in [0, 0.05) is 6.04 Å². The lowest BCUT2D eigenvalue weighted by molar-refractivity contribution is 0.456. The fourth-order valence-corrected chi connectivity index (χ4v) is 5.09.